The summed E-state index contributed by atoms with van der Waals surface area (Å²) in [6, 6.07) is 0. The summed E-state index contributed by atoms with van der Waals surface area (Å²) in [5, 5.41) is 0. The minimum Gasteiger partial charge on any atom is -0.462 e. The summed E-state index contributed by atoms with van der Waals surface area (Å²) in [6.45, 7) is 10.8. The lowest BCUT2D eigenvalue weighted by molar-refractivity contribution is -0.139. The lowest BCUT2D eigenvalue weighted by Gasteiger charge is -2.06. The Hall–Kier alpha value is -0.613. The minimum absolute atomic E-state index is 0.291. The van der Waals surface area contributed by atoms with Crippen molar-refractivity contribution >= 4 is 15.0 Å². The fraction of sp³-hybridized carbons (Fsp3) is 0.727. The van der Waals surface area contributed by atoms with E-state index in [0.717, 1.165) is 25.9 Å². The van der Waals surface area contributed by atoms with Gasteiger partial charge in [-0.3, -0.25) is 0 Å². The number of rotatable bonds is 8. The lowest BCUT2D eigenvalue weighted by atomic mass is 10.2. The van der Waals surface area contributed by atoms with Gasteiger partial charge in [-0.1, -0.05) is 6.58 Å². The molecule has 0 atom stereocenters. The third-order valence-electron chi connectivity index (χ3n) is 1.82. The predicted octanol–water partition coefficient (Wildman–Crippen LogP) is 2.28. The fourth-order valence-electron chi connectivity index (χ4n) is 0.988. The number of carbonyl (C=O) groups excluding carboxylic acids is 1. The standard InChI is InChI=1S/C11H22O3Si/c1-10(2)11(12)13-8-6-5-7-9-14-15(3)4/h15H,1,5-9H2,2-4H3. The first-order valence-electron chi connectivity index (χ1n) is 5.48. The van der Waals surface area contributed by atoms with E-state index in [1.807, 2.05) is 0 Å². The summed E-state index contributed by atoms with van der Waals surface area (Å²) in [5.74, 6) is -0.291. The van der Waals surface area contributed by atoms with Gasteiger partial charge in [0.15, 0.2) is 9.04 Å². The first-order chi connectivity index (χ1) is 7.04. The molecule has 0 aromatic heterocycles. The van der Waals surface area contributed by atoms with Crippen molar-refractivity contribution in [3.05, 3.63) is 12.2 Å². The number of unbranched alkanes of at least 4 members (excludes halogenated alkanes) is 2. The molecule has 0 aliphatic carbocycles. The average Bonchev–Trinajstić information content (AvgIpc) is 2.15. The average molecular weight is 230 g/mol. The molecule has 0 saturated carbocycles. The van der Waals surface area contributed by atoms with E-state index in [1.165, 1.54) is 0 Å². The lowest BCUT2D eigenvalue weighted by Crippen LogP contribution is -2.09. The van der Waals surface area contributed by atoms with Crippen LogP contribution in [0.1, 0.15) is 26.2 Å². The summed E-state index contributed by atoms with van der Waals surface area (Å²) >= 11 is 0. The van der Waals surface area contributed by atoms with Crippen molar-refractivity contribution in [1.29, 1.82) is 0 Å². The van der Waals surface area contributed by atoms with Gasteiger partial charge >= 0.3 is 5.97 Å². The molecule has 0 aliphatic rings. The molecule has 0 saturated heterocycles. The number of carbonyl (C=O) groups is 1. The third-order valence-corrected chi connectivity index (χ3v) is 2.72. The van der Waals surface area contributed by atoms with E-state index < -0.39 is 9.04 Å². The van der Waals surface area contributed by atoms with Crippen molar-refractivity contribution in [3.8, 4) is 0 Å². The van der Waals surface area contributed by atoms with Gasteiger partial charge in [-0.2, -0.15) is 0 Å². The summed E-state index contributed by atoms with van der Waals surface area (Å²) in [5.41, 5.74) is 0.462. The van der Waals surface area contributed by atoms with Gasteiger partial charge in [0.05, 0.1) is 6.61 Å². The monoisotopic (exact) mass is 230 g/mol. The Morgan fingerprint density at radius 1 is 1.20 bits per heavy atom. The van der Waals surface area contributed by atoms with Crippen LogP contribution in [0.15, 0.2) is 12.2 Å². The molecule has 0 unspecified atom stereocenters. The molecule has 3 nitrogen and oxygen atoms in total. The number of ether oxygens (including phenoxy) is 1. The van der Waals surface area contributed by atoms with E-state index in [9.17, 15) is 4.79 Å². The molecule has 0 spiro atoms. The molecule has 0 N–H and O–H groups in total. The second kappa shape index (κ2) is 8.68. The van der Waals surface area contributed by atoms with Crippen LogP contribution in [-0.4, -0.2) is 28.2 Å². The summed E-state index contributed by atoms with van der Waals surface area (Å²) in [7, 11) is -0.856. The molecule has 0 bridgehead atoms. The maximum absolute atomic E-state index is 11.0. The van der Waals surface area contributed by atoms with Crippen LogP contribution in [0.4, 0.5) is 0 Å². The topological polar surface area (TPSA) is 35.5 Å². The zero-order valence-corrected chi connectivity index (χ0v) is 11.2. The highest BCUT2D eigenvalue weighted by Crippen LogP contribution is 1.99. The molecule has 0 aliphatic heterocycles. The van der Waals surface area contributed by atoms with Crippen LogP contribution in [0.2, 0.25) is 13.1 Å². The van der Waals surface area contributed by atoms with E-state index >= 15 is 0 Å². The Morgan fingerprint density at radius 3 is 2.33 bits per heavy atom. The van der Waals surface area contributed by atoms with Crippen LogP contribution >= 0.6 is 0 Å². The summed E-state index contributed by atoms with van der Waals surface area (Å²) in [6.07, 6.45) is 3.00. The molecule has 0 aromatic rings. The quantitative estimate of drug-likeness (QED) is 0.278. The number of esters is 1. The minimum atomic E-state index is -0.856. The molecule has 0 heterocycles. The molecule has 0 rings (SSSR count). The van der Waals surface area contributed by atoms with Gasteiger partial charge in [0, 0.05) is 12.2 Å². The molecule has 0 aromatic carbocycles. The zero-order valence-electron chi connectivity index (χ0n) is 10.0. The van der Waals surface area contributed by atoms with Gasteiger partial charge in [0.1, 0.15) is 0 Å². The van der Waals surface area contributed by atoms with Crippen LogP contribution in [0, 0.1) is 0 Å². The van der Waals surface area contributed by atoms with Crippen molar-refractivity contribution in [2.24, 2.45) is 0 Å². The Morgan fingerprint density at radius 2 is 1.80 bits per heavy atom. The third kappa shape index (κ3) is 9.69. The van der Waals surface area contributed by atoms with E-state index in [0.29, 0.717) is 12.2 Å². The fourth-order valence-corrected chi connectivity index (χ4v) is 1.63. The number of hydrogen-bond donors (Lipinski definition) is 0. The molecule has 4 heteroatoms. The Balaban J connectivity index is 3.18. The van der Waals surface area contributed by atoms with E-state index in [-0.39, 0.29) is 5.97 Å². The predicted molar refractivity (Wildman–Crippen MR) is 64.5 cm³/mol. The van der Waals surface area contributed by atoms with Crippen LogP contribution in [0.3, 0.4) is 0 Å². The van der Waals surface area contributed by atoms with Crippen molar-refractivity contribution in [2.45, 2.75) is 39.3 Å². The van der Waals surface area contributed by atoms with Gasteiger partial charge in [-0.05, 0) is 39.3 Å². The van der Waals surface area contributed by atoms with Gasteiger partial charge in [0.25, 0.3) is 0 Å². The second-order valence-corrected chi connectivity index (χ2v) is 6.33. The van der Waals surface area contributed by atoms with Crippen molar-refractivity contribution in [2.75, 3.05) is 13.2 Å². The number of hydrogen-bond acceptors (Lipinski definition) is 3. The summed E-state index contributed by atoms with van der Waals surface area (Å²) < 4.78 is 10.5. The van der Waals surface area contributed by atoms with Crippen LogP contribution < -0.4 is 0 Å². The molecule has 15 heavy (non-hydrogen) atoms. The maximum atomic E-state index is 11.0. The van der Waals surface area contributed by atoms with Crippen LogP contribution in [0.25, 0.3) is 0 Å². The molecule has 0 amide bonds. The van der Waals surface area contributed by atoms with Gasteiger partial charge < -0.3 is 9.16 Å². The molecule has 0 fully saturated rings. The molecular formula is C11H22O3Si. The second-order valence-electron chi connectivity index (χ2n) is 3.90. The molecular weight excluding hydrogens is 208 g/mol. The van der Waals surface area contributed by atoms with Gasteiger partial charge in [0.2, 0.25) is 0 Å². The maximum Gasteiger partial charge on any atom is 0.333 e. The largest absolute Gasteiger partial charge is 0.462 e. The molecule has 0 radical (unpaired) electrons. The van der Waals surface area contributed by atoms with Gasteiger partial charge in [-0.15, -0.1) is 0 Å². The SMILES string of the molecule is C=C(C)C(=O)OCCCCCO[SiH](C)C. The van der Waals surface area contributed by atoms with E-state index in [2.05, 4.69) is 19.7 Å². The van der Waals surface area contributed by atoms with Crippen LogP contribution in [0.5, 0.6) is 0 Å². The smallest absolute Gasteiger partial charge is 0.333 e. The highest BCUT2D eigenvalue weighted by atomic mass is 28.3. The first-order valence-corrected chi connectivity index (χ1v) is 8.26. The highest BCUT2D eigenvalue weighted by molar-refractivity contribution is 6.48. The van der Waals surface area contributed by atoms with E-state index in [1.54, 1.807) is 6.92 Å². The Kier molecular flexibility index (Phi) is 8.32. The highest BCUT2D eigenvalue weighted by Gasteiger charge is 2.01. The van der Waals surface area contributed by atoms with Crippen molar-refractivity contribution in [3.63, 3.8) is 0 Å². The Bertz CT molecular complexity index is 202. The zero-order chi connectivity index (χ0) is 11.7. The molecule has 88 valence electrons. The van der Waals surface area contributed by atoms with Gasteiger partial charge in [-0.25, -0.2) is 4.79 Å². The normalized spacial score (nSPS) is 10.4. The van der Waals surface area contributed by atoms with E-state index in [4.69, 9.17) is 9.16 Å². The first kappa shape index (κ1) is 14.4. The van der Waals surface area contributed by atoms with Crippen molar-refractivity contribution in [1.82, 2.24) is 0 Å². The Labute approximate surface area is 94.2 Å². The summed E-state index contributed by atoms with van der Waals surface area (Å²) in [4.78, 5) is 11.0. The van der Waals surface area contributed by atoms with Crippen LogP contribution in [-0.2, 0) is 14.0 Å². The van der Waals surface area contributed by atoms with Crippen molar-refractivity contribution < 1.29 is 14.0 Å².